The van der Waals surface area contributed by atoms with Crippen molar-refractivity contribution in [1.82, 2.24) is 10.2 Å². The molecule has 0 saturated carbocycles. The molecule has 0 spiro atoms. The summed E-state index contributed by atoms with van der Waals surface area (Å²) in [7, 11) is 1.87. The van der Waals surface area contributed by atoms with E-state index in [1.54, 1.807) is 0 Å². The standard InChI is InChI=1S/C16H24ClN3O/c1-12(2)18-10-13-9-14(17)5-6-15(13)20-8-4-7-19(3)16(21)11-20/h5-6,9,12,18H,4,7-8,10-11H2,1-3H3. The molecule has 1 N–H and O–H groups in total. The van der Waals surface area contributed by atoms with E-state index in [1.807, 2.05) is 30.1 Å². The van der Waals surface area contributed by atoms with Gasteiger partial charge in [-0.3, -0.25) is 4.79 Å². The Morgan fingerprint density at radius 3 is 2.81 bits per heavy atom. The van der Waals surface area contributed by atoms with Crippen molar-refractivity contribution in [3.63, 3.8) is 0 Å². The zero-order valence-electron chi connectivity index (χ0n) is 13.0. The van der Waals surface area contributed by atoms with Gasteiger partial charge in [0.05, 0.1) is 6.54 Å². The third-order valence-corrected chi connectivity index (χ3v) is 3.99. The van der Waals surface area contributed by atoms with Gasteiger partial charge in [0.25, 0.3) is 0 Å². The van der Waals surface area contributed by atoms with Gasteiger partial charge < -0.3 is 15.1 Å². The monoisotopic (exact) mass is 309 g/mol. The summed E-state index contributed by atoms with van der Waals surface area (Å²) in [6, 6.07) is 6.33. The van der Waals surface area contributed by atoms with E-state index in [2.05, 4.69) is 24.1 Å². The minimum atomic E-state index is 0.171. The van der Waals surface area contributed by atoms with Gasteiger partial charge in [-0.2, -0.15) is 0 Å². The molecule has 0 bridgehead atoms. The molecule has 21 heavy (non-hydrogen) atoms. The van der Waals surface area contributed by atoms with Crippen molar-refractivity contribution < 1.29 is 4.79 Å². The molecule has 0 atom stereocenters. The number of rotatable bonds is 4. The molecule has 1 fully saturated rings. The van der Waals surface area contributed by atoms with Crippen molar-refractivity contribution in [3.8, 4) is 0 Å². The molecule has 0 radical (unpaired) electrons. The predicted molar refractivity (Wildman–Crippen MR) is 87.9 cm³/mol. The summed E-state index contributed by atoms with van der Waals surface area (Å²) in [6.45, 7) is 7.15. The Morgan fingerprint density at radius 1 is 1.33 bits per heavy atom. The zero-order chi connectivity index (χ0) is 15.4. The van der Waals surface area contributed by atoms with E-state index < -0.39 is 0 Å². The van der Waals surface area contributed by atoms with Crippen molar-refractivity contribution in [3.05, 3.63) is 28.8 Å². The Morgan fingerprint density at radius 2 is 2.10 bits per heavy atom. The van der Waals surface area contributed by atoms with Crippen molar-refractivity contribution in [1.29, 1.82) is 0 Å². The van der Waals surface area contributed by atoms with Crippen LogP contribution >= 0.6 is 11.6 Å². The largest absolute Gasteiger partial charge is 0.362 e. The number of halogens is 1. The van der Waals surface area contributed by atoms with Gasteiger partial charge in [-0.1, -0.05) is 25.4 Å². The maximum Gasteiger partial charge on any atom is 0.241 e. The van der Waals surface area contributed by atoms with Gasteiger partial charge in [-0.25, -0.2) is 0 Å². The van der Waals surface area contributed by atoms with Gasteiger partial charge in [0.1, 0.15) is 0 Å². The summed E-state index contributed by atoms with van der Waals surface area (Å²) < 4.78 is 0. The molecule has 0 unspecified atom stereocenters. The van der Waals surface area contributed by atoms with Gasteiger partial charge in [-0.15, -0.1) is 0 Å². The van der Waals surface area contributed by atoms with Crippen LogP contribution in [0.2, 0.25) is 5.02 Å². The fraction of sp³-hybridized carbons (Fsp3) is 0.562. The lowest BCUT2D eigenvalue weighted by Crippen LogP contribution is -2.35. The number of carbonyl (C=O) groups is 1. The molecule has 1 aromatic rings. The van der Waals surface area contributed by atoms with Crippen molar-refractivity contribution in [2.45, 2.75) is 32.9 Å². The molecule has 0 aliphatic carbocycles. The Labute approximate surface area is 132 Å². The van der Waals surface area contributed by atoms with Gasteiger partial charge in [0.15, 0.2) is 0 Å². The molecule has 1 saturated heterocycles. The van der Waals surface area contributed by atoms with Crippen LogP contribution in [0.5, 0.6) is 0 Å². The first-order valence-electron chi connectivity index (χ1n) is 7.48. The lowest BCUT2D eigenvalue weighted by Gasteiger charge is -2.25. The summed E-state index contributed by atoms with van der Waals surface area (Å²) >= 11 is 6.13. The second kappa shape index (κ2) is 7.14. The number of hydrogen-bond acceptors (Lipinski definition) is 3. The zero-order valence-corrected chi connectivity index (χ0v) is 13.8. The number of amides is 1. The van der Waals surface area contributed by atoms with Crippen LogP contribution in [0.3, 0.4) is 0 Å². The maximum absolute atomic E-state index is 12.1. The van der Waals surface area contributed by atoms with E-state index in [0.717, 1.165) is 42.3 Å². The molecule has 1 aliphatic heterocycles. The second-order valence-electron chi connectivity index (χ2n) is 5.90. The summed E-state index contributed by atoms with van der Waals surface area (Å²) in [5, 5.41) is 4.16. The fourth-order valence-electron chi connectivity index (χ4n) is 2.51. The smallest absolute Gasteiger partial charge is 0.241 e. The number of benzene rings is 1. The number of likely N-dealkylation sites (N-methyl/N-ethyl adjacent to an activating group) is 1. The first kappa shape index (κ1) is 16.1. The summed E-state index contributed by atoms with van der Waals surface area (Å²) in [6.07, 6.45) is 0.988. The Hall–Kier alpha value is -1.26. The van der Waals surface area contributed by atoms with E-state index in [1.165, 1.54) is 0 Å². The fourth-order valence-corrected chi connectivity index (χ4v) is 2.71. The quantitative estimate of drug-likeness (QED) is 0.928. The molecule has 116 valence electrons. The topological polar surface area (TPSA) is 35.6 Å². The summed E-state index contributed by atoms with van der Waals surface area (Å²) in [5.74, 6) is 0.171. The number of nitrogens with zero attached hydrogens (tertiary/aromatic N) is 2. The van der Waals surface area contributed by atoms with Crippen LogP contribution in [0.25, 0.3) is 0 Å². The molecular formula is C16H24ClN3O. The highest BCUT2D eigenvalue weighted by atomic mass is 35.5. The SMILES string of the molecule is CC(C)NCc1cc(Cl)ccc1N1CCCN(C)C(=O)C1. The molecular weight excluding hydrogens is 286 g/mol. The lowest BCUT2D eigenvalue weighted by molar-refractivity contribution is -0.127. The average Bonchev–Trinajstić information content (AvgIpc) is 2.59. The molecule has 1 aliphatic rings. The van der Waals surface area contributed by atoms with E-state index in [9.17, 15) is 4.79 Å². The average molecular weight is 310 g/mol. The van der Waals surface area contributed by atoms with E-state index in [-0.39, 0.29) is 5.91 Å². The lowest BCUT2D eigenvalue weighted by atomic mass is 10.1. The van der Waals surface area contributed by atoms with E-state index >= 15 is 0 Å². The minimum absolute atomic E-state index is 0.171. The highest BCUT2D eigenvalue weighted by Gasteiger charge is 2.21. The molecule has 1 aromatic carbocycles. The molecule has 1 heterocycles. The second-order valence-corrected chi connectivity index (χ2v) is 6.34. The first-order valence-corrected chi connectivity index (χ1v) is 7.86. The highest BCUT2D eigenvalue weighted by molar-refractivity contribution is 6.30. The molecule has 4 nitrogen and oxygen atoms in total. The number of carbonyl (C=O) groups excluding carboxylic acids is 1. The van der Waals surface area contributed by atoms with Crippen molar-refractivity contribution in [2.24, 2.45) is 0 Å². The Balaban J connectivity index is 2.22. The van der Waals surface area contributed by atoms with Crippen LogP contribution in [-0.2, 0) is 11.3 Å². The highest BCUT2D eigenvalue weighted by Crippen LogP contribution is 2.25. The number of hydrogen-bond donors (Lipinski definition) is 1. The van der Waals surface area contributed by atoms with Crippen LogP contribution in [-0.4, -0.2) is 43.5 Å². The Bertz CT molecular complexity index is 504. The number of nitrogens with one attached hydrogen (secondary N) is 1. The molecule has 0 aromatic heterocycles. The first-order chi connectivity index (χ1) is 9.97. The minimum Gasteiger partial charge on any atom is -0.362 e. The Kier molecular flexibility index (Phi) is 5.48. The van der Waals surface area contributed by atoms with Crippen molar-refractivity contribution in [2.75, 3.05) is 31.6 Å². The van der Waals surface area contributed by atoms with Crippen molar-refractivity contribution >= 4 is 23.2 Å². The van der Waals surface area contributed by atoms with Crippen LogP contribution < -0.4 is 10.2 Å². The van der Waals surface area contributed by atoms with E-state index in [4.69, 9.17) is 11.6 Å². The third-order valence-electron chi connectivity index (χ3n) is 3.76. The normalized spacial score (nSPS) is 16.5. The van der Waals surface area contributed by atoms with Gasteiger partial charge >= 0.3 is 0 Å². The van der Waals surface area contributed by atoms with Gasteiger partial charge in [0.2, 0.25) is 5.91 Å². The van der Waals surface area contributed by atoms with Gasteiger partial charge in [0, 0.05) is 43.4 Å². The van der Waals surface area contributed by atoms with Crippen LogP contribution in [0.15, 0.2) is 18.2 Å². The van der Waals surface area contributed by atoms with Gasteiger partial charge in [-0.05, 0) is 30.2 Å². The van der Waals surface area contributed by atoms with E-state index in [0.29, 0.717) is 12.6 Å². The van der Waals surface area contributed by atoms with Crippen LogP contribution in [0, 0.1) is 0 Å². The summed E-state index contributed by atoms with van der Waals surface area (Å²) in [5.41, 5.74) is 2.25. The number of anilines is 1. The van der Waals surface area contributed by atoms with Crippen LogP contribution in [0.4, 0.5) is 5.69 Å². The van der Waals surface area contributed by atoms with Crippen LogP contribution in [0.1, 0.15) is 25.8 Å². The molecule has 5 heteroatoms. The predicted octanol–water partition coefficient (Wildman–Crippen LogP) is 2.51. The molecule has 2 rings (SSSR count). The summed E-state index contributed by atoms with van der Waals surface area (Å²) in [4.78, 5) is 16.1. The third kappa shape index (κ3) is 4.35. The molecule has 1 amide bonds. The maximum atomic E-state index is 12.1.